The normalized spacial score (nSPS) is 16.7. The van der Waals surface area contributed by atoms with Crippen LogP contribution in [0.2, 0.25) is 0 Å². The molecule has 1 aliphatic carbocycles. The van der Waals surface area contributed by atoms with E-state index in [4.69, 9.17) is 5.73 Å². The van der Waals surface area contributed by atoms with Gasteiger partial charge in [0.05, 0.1) is 10.9 Å². The lowest BCUT2D eigenvalue weighted by Crippen LogP contribution is -2.46. The van der Waals surface area contributed by atoms with Gasteiger partial charge in [-0.1, -0.05) is 31.0 Å². The number of hydrogen-bond donors (Lipinski definition) is 1. The molecule has 2 amide bonds. The van der Waals surface area contributed by atoms with E-state index in [1.807, 2.05) is 0 Å². The largest absolute Gasteiger partial charge is 0.351 e. The third kappa shape index (κ3) is 2.33. The number of urea groups is 1. The maximum Gasteiger partial charge on any atom is 0.328 e. The Morgan fingerprint density at radius 3 is 2.22 bits per heavy atom. The minimum absolute atomic E-state index is 0.107. The molecular formula is C12H16N2O3S. The molecular weight excluding hydrogens is 252 g/mol. The Bertz CT molecular complexity index is 522. The van der Waals surface area contributed by atoms with Crippen molar-refractivity contribution in [2.45, 2.75) is 36.6 Å². The maximum atomic E-state index is 12.4. The number of carbonyl (C=O) groups is 1. The fraction of sp³-hybridized carbons (Fsp3) is 0.417. The van der Waals surface area contributed by atoms with Gasteiger partial charge in [-0.25, -0.2) is 17.5 Å². The molecule has 0 saturated heterocycles. The summed E-state index contributed by atoms with van der Waals surface area (Å²) in [6.45, 7) is 0. The summed E-state index contributed by atoms with van der Waals surface area (Å²) in [4.78, 5) is 11.6. The first kappa shape index (κ1) is 12.9. The predicted molar refractivity (Wildman–Crippen MR) is 67.3 cm³/mol. The molecule has 1 fully saturated rings. The minimum Gasteiger partial charge on any atom is -0.351 e. The average Bonchev–Trinajstić information content (AvgIpc) is 2.83. The zero-order valence-corrected chi connectivity index (χ0v) is 10.8. The van der Waals surface area contributed by atoms with E-state index in [1.54, 1.807) is 18.2 Å². The molecule has 0 aromatic heterocycles. The molecule has 0 aliphatic heterocycles. The fourth-order valence-corrected chi connectivity index (χ4v) is 3.91. The van der Waals surface area contributed by atoms with Gasteiger partial charge >= 0.3 is 6.03 Å². The van der Waals surface area contributed by atoms with Crippen molar-refractivity contribution in [1.29, 1.82) is 0 Å². The Morgan fingerprint density at radius 1 is 1.17 bits per heavy atom. The van der Waals surface area contributed by atoms with Crippen molar-refractivity contribution in [3.8, 4) is 0 Å². The molecule has 18 heavy (non-hydrogen) atoms. The standard InChI is InChI=1S/C12H16N2O3S/c13-12(15)14(10-6-4-5-7-10)18(16,17)11-8-2-1-3-9-11/h1-3,8-10H,4-7H2,(H2,13,15). The zero-order chi connectivity index (χ0) is 13.2. The molecule has 1 aliphatic rings. The Kier molecular flexibility index (Phi) is 3.56. The molecule has 0 spiro atoms. The van der Waals surface area contributed by atoms with Gasteiger partial charge in [-0.3, -0.25) is 0 Å². The van der Waals surface area contributed by atoms with E-state index in [0.29, 0.717) is 12.8 Å². The third-order valence-electron chi connectivity index (χ3n) is 3.17. The number of rotatable bonds is 3. The van der Waals surface area contributed by atoms with Crippen LogP contribution in [0.25, 0.3) is 0 Å². The number of amides is 2. The number of hydrogen-bond acceptors (Lipinski definition) is 3. The predicted octanol–water partition coefficient (Wildman–Crippen LogP) is 1.70. The number of carbonyl (C=O) groups excluding carboxylic acids is 1. The number of nitrogens with zero attached hydrogens (tertiary/aromatic N) is 1. The zero-order valence-electron chi connectivity index (χ0n) is 9.95. The van der Waals surface area contributed by atoms with Crippen LogP contribution < -0.4 is 5.73 Å². The van der Waals surface area contributed by atoms with Crippen molar-refractivity contribution < 1.29 is 13.2 Å². The van der Waals surface area contributed by atoms with Crippen LogP contribution in [-0.2, 0) is 10.0 Å². The molecule has 5 nitrogen and oxygen atoms in total. The van der Waals surface area contributed by atoms with Crippen molar-refractivity contribution in [2.24, 2.45) is 5.73 Å². The fourth-order valence-electron chi connectivity index (χ4n) is 2.34. The molecule has 6 heteroatoms. The highest BCUT2D eigenvalue weighted by molar-refractivity contribution is 7.89. The highest BCUT2D eigenvalue weighted by Gasteiger charge is 2.35. The van der Waals surface area contributed by atoms with Crippen LogP contribution in [-0.4, -0.2) is 24.8 Å². The Hall–Kier alpha value is -1.56. The first-order valence-corrected chi connectivity index (χ1v) is 7.36. The molecule has 1 aromatic rings. The smallest absolute Gasteiger partial charge is 0.328 e. The van der Waals surface area contributed by atoms with E-state index in [2.05, 4.69) is 0 Å². The van der Waals surface area contributed by atoms with Gasteiger partial charge in [0.1, 0.15) is 0 Å². The SMILES string of the molecule is NC(=O)N(C1CCCC1)S(=O)(=O)c1ccccc1. The van der Waals surface area contributed by atoms with E-state index in [0.717, 1.165) is 17.1 Å². The first-order chi connectivity index (χ1) is 8.53. The molecule has 0 unspecified atom stereocenters. The van der Waals surface area contributed by atoms with Crippen LogP contribution in [0.3, 0.4) is 0 Å². The van der Waals surface area contributed by atoms with Crippen molar-refractivity contribution in [3.63, 3.8) is 0 Å². The third-order valence-corrected chi connectivity index (χ3v) is 5.04. The van der Waals surface area contributed by atoms with Gasteiger partial charge in [0.15, 0.2) is 0 Å². The second kappa shape index (κ2) is 4.97. The topological polar surface area (TPSA) is 80.5 Å². The molecule has 2 rings (SSSR count). The van der Waals surface area contributed by atoms with Crippen LogP contribution in [0.5, 0.6) is 0 Å². The lowest BCUT2D eigenvalue weighted by atomic mass is 10.2. The molecule has 0 bridgehead atoms. The van der Waals surface area contributed by atoms with Gasteiger partial charge in [0, 0.05) is 0 Å². The quantitative estimate of drug-likeness (QED) is 0.906. The lowest BCUT2D eigenvalue weighted by Gasteiger charge is -2.26. The van der Waals surface area contributed by atoms with Gasteiger partial charge in [-0.2, -0.15) is 0 Å². The van der Waals surface area contributed by atoms with E-state index in [-0.39, 0.29) is 10.9 Å². The molecule has 2 N–H and O–H groups in total. The summed E-state index contributed by atoms with van der Waals surface area (Å²) < 4.78 is 25.6. The summed E-state index contributed by atoms with van der Waals surface area (Å²) in [6, 6.07) is 6.73. The maximum absolute atomic E-state index is 12.4. The van der Waals surface area contributed by atoms with E-state index in [1.165, 1.54) is 12.1 Å². The van der Waals surface area contributed by atoms with Gasteiger partial charge in [-0.15, -0.1) is 0 Å². The Labute approximate surface area is 107 Å². The Balaban J connectivity index is 2.39. The van der Waals surface area contributed by atoms with Crippen LogP contribution >= 0.6 is 0 Å². The molecule has 0 atom stereocenters. The van der Waals surface area contributed by atoms with Crippen LogP contribution in [0.1, 0.15) is 25.7 Å². The number of primary amides is 1. The number of nitrogens with two attached hydrogens (primary N) is 1. The average molecular weight is 268 g/mol. The van der Waals surface area contributed by atoms with Crippen molar-refractivity contribution >= 4 is 16.1 Å². The monoisotopic (exact) mass is 268 g/mol. The highest BCUT2D eigenvalue weighted by Crippen LogP contribution is 2.28. The summed E-state index contributed by atoms with van der Waals surface area (Å²) in [7, 11) is -3.82. The number of benzene rings is 1. The summed E-state index contributed by atoms with van der Waals surface area (Å²) in [5.74, 6) is 0. The van der Waals surface area contributed by atoms with Crippen LogP contribution in [0.4, 0.5) is 4.79 Å². The second-order valence-corrected chi connectivity index (χ2v) is 6.21. The molecule has 1 aromatic carbocycles. The van der Waals surface area contributed by atoms with Gasteiger partial charge in [0.2, 0.25) is 0 Å². The van der Waals surface area contributed by atoms with Gasteiger partial charge in [0.25, 0.3) is 10.0 Å². The molecule has 1 saturated carbocycles. The first-order valence-electron chi connectivity index (χ1n) is 5.92. The highest BCUT2D eigenvalue weighted by atomic mass is 32.2. The van der Waals surface area contributed by atoms with Gasteiger partial charge < -0.3 is 5.73 Å². The minimum atomic E-state index is -3.82. The summed E-state index contributed by atoms with van der Waals surface area (Å²) >= 11 is 0. The van der Waals surface area contributed by atoms with Crippen molar-refractivity contribution in [3.05, 3.63) is 30.3 Å². The summed E-state index contributed by atoms with van der Waals surface area (Å²) in [6.07, 6.45) is 3.24. The van der Waals surface area contributed by atoms with Crippen LogP contribution in [0, 0.1) is 0 Å². The lowest BCUT2D eigenvalue weighted by molar-refractivity contribution is 0.221. The van der Waals surface area contributed by atoms with Crippen molar-refractivity contribution in [1.82, 2.24) is 4.31 Å². The van der Waals surface area contributed by atoms with E-state index >= 15 is 0 Å². The Morgan fingerprint density at radius 2 is 1.72 bits per heavy atom. The van der Waals surface area contributed by atoms with E-state index in [9.17, 15) is 13.2 Å². The van der Waals surface area contributed by atoms with Crippen LogP contribution in [0.15, 0.2) is 35.2 Å². The second-order valence-electron chi connectivity index (χ2n) is 4.39. The summed E-state index contributed by atoms with van der Waals surface area (Å²) in [5, 5.41) is 0. The van der Waals surface area contributed by atoms with E-state index < -0.39 is 16.1 Å². The number of sulfonamides is 1. The summed E-state index contributed by atoms with van der Waals surface area (Å²) in [5.41, 5.74) is 5.25. The molecule has 0 radical (unpaired) electrons. The van der Waals surface area contributed by atoms with Gasteiger partial charge in [-0.05, 0) is 25.0 Å². The molecule has 98 valence electrons. The van der Waals surface area contributed by atoms with Crippen molar-refractivity contribution in [2.75, 3.05) is 0 Å². The molecule has 0 heterocycles.